The van der Waals surface area contributed by atoms with Gasteiger partial charge < -0.3 is 0 Å². The third-order valence-electron chi connectivity index (χ3n) is 3.54. The molecule has 0 bridgehead atoms. The molecule has 23 heavy (non-hydrogen) atoms. The summed E-state index contributed by atoms with van der Waals surface area (Å²) in [7, 11) is 0. The van der Waals surface area contributed by atoms with Crippen molar-refractivity contribution in [2.24, 2.45) is 0 Å². The Morgan fingerprint density at radius 1 is 1.00 bits per heavy atom. The van der Waals surface area contributed by atoms with Gasteiger partial charge in [0.1, 0.15) is 5.82 Å². The topological polar surface area (TPSA) is 54.5 Å². The first kappa shape index (κ1) is 15.3. The van der Waals surface area contributed by atoms with Gasteiger partial charge in [-0.05, 0) is 43.7 Å². The molecule has 0 N–H and O–H groups in total. The first-order valence-electron chi connectivity index (χ1n) is 7.28. The molecule has 3 aromatic rings. The van der Waals surface area contributed by atoms with Crippen molar-refractivity contribution in [2.45, 2.75) is 24.8 Å². The summed E-state index contributed by atoms with van der Waals surface area (Å²) in [5, 5.41) is 18.2. The van der Waals surface area contributed by atoms with Crippen molar-refractivity contribution in [3.8, 4) is 11.8 Å². The van der Waals surface area contributed by atoms with E-state index in [-0.39, 0.29) is 0 Å². The summed E-state index contributed by atoms with van der Waals surface area (Å²) in [4.78, 5) is 0. The van der Waals surface area contributed by atoms with E-state index in [4.69, 9.17) is 5.26 Å². The van der Waals surface area contributed by atoms with Crippen LogP contribution < -0.4 is 0 Å². The highest BCUT2D eigenvalue weighted by molar-refractivity contribution is 7.98. The summed E-state index contributed by atoms with van der Waals surface area (Å²) < 4.78 is 2.06. The minimum Gasteiger partial charge on any atom is -0.274 e. The normalized spacial score (nSPS) is 10.5. The molecule has 0 atom stereocenters. The second-order valence-electron chi connectivity index (χ2n) is 5.30. The van der Waals surface area contributed by atoms with Crippen molar-refractivity contribution >= 4 is 11.8 Å². The summed E-state index contributed by atoms with van der Waals surface area (Å²) >= 11 is 1.64. The fourth-order valence-corrected chi connectivity index (χ4v) is 3.20. The van der Waals surface area contributed by atoms with Crippen LogP contribution in [0, 0.1) is 25.2 Å². The van der Waals surface area contributed by atoms with Crippen LogP contribution in [0.3, 0.4) is 0 Å². The maximum atomic E-state index is 8.84. The first-order chi connectivity index (χ1) is 11.2. The second kappa shape index (κ2) is 6.67. The van der Waals surface area contributed by atoms with Crippen molar-refractivity contribution < 1.29 is 0 Å². The molecule has 1 heterocycles. The highest BCUT2D eigenvalue weighted by atomic mass is 32.2. The minimum atomic E-state index is 0.678. The van der Waals surface area contributed by atoms with Crippen molar-refractivity contribution in [3.63, 3.8) is 0 Å². The summed E-state index contributed by atoms with van der Waals surface area (Å²) in [5.41, 5.74) is 4.13. The number of nitrogens with zero attached hydrogens (tertiary/aromatic N) is 4. The van der Waals surface area contributed by atoms with E-state index in [1.807, 2.05) is 31.2 Å². The molecule has 5 heteroatoms. The molecule has 0 saturated carbocycles. The lowest BCUT2D eigenvalue weighted by Crippen LogP contribution is -1.99. The number of nitriles is 1. The van der Waals surface area contributed by atoms with Gasteiger partial charge >= 0.3 is 0 Å². The Morgan fingerprint density at radius 3 is 2.35 bits per heavy atom. The van der Waals surface area contributed by atoms with E-state index in [9.17, 15) is 0 Å². The molecule has 0 aliphatic heterocycles. The van der Waals surface area contributed by atoms with E-state index in [0.717, 1.165) is 28.0 Å². The van der Waals surface area contributed by atoms with E-state index >= 15 is 0 Å². The van der Waals surface area contributed by atoms with Gasteiger partial charge in [0.15, 0.2) is 5.16 Å². The molecule has 0 amide bonds. The maximum Gasteiger partial charge on any atom is 0.196 e. The lowest BCUT2D eigenvalue weighted by molar-refractivity contribution is 0.868. The molecule has 3 rings (SSSR count). The van der Waals surface area contributed by atoms with Gasteiger partial charge in [0.05, 0.1) is 11.6 Å². The lowest BCUT2D eigenvalue weighted by Gasteiger charge is -2.08. The molecule has 0 saturated heterocycles. The number of aromatic nitrogens is 3. The summed E-state index contributed by atoms with van der Waals surface area (Å²) in [5.74, 6) is 1.66. The zero-order valence-electron chi connectivity index (χ0n) is 13.0. The van der Waals surface area contributed by atoms with Crippen LogP contribution in [0.5, 0.6) is 0 Å². The third-order valence-corrected chi connectivity index (χ3v) is 4.54. The van der Waals surface area contributed by atoms with Gasteiger partial charge in [-0.3, -0.25) is 4.57 Å². The predicted octanol–water partition coefficient (Wildman–Crippen LogP) is 4.05. The van der Waals surface area contributed by atoms with Gasteiger partial charge in [0, 0.05) is 11.4 Å². The van der Waals surface area contributed by atoms with E-state index in [1.54, 1.807) is 11.8 Å². The number of aryl methyl sites for hydroxylation is 2. The Kier molecular flexibility index (Phi) is 4.45. The standard InChI is InChI=1S/C18H16N4S/c1-13-3-9-17(10-4-13)22-14(2)20-21-18(22)23-12-16-7-5-15(11-19)6-8-16/h3-10H,12H2,1-2H3. The van der Waals surface area contributed by atoms with Crippen molar-refractivity contribution in [1.82, 2.24) is 14.8 Å². The van der Waals surface area contributed by atoms with Crippen LogP contribution >= 0.6 is 11.8 Å². The quantitative estimate of drug-likeness (QED) is 0.681. The van der Waals surface area contributed by atoms with Crippen LogP contribution in [0.1, 0.15) is 22.5 Å². The minimum absolute atomic E-state index is 0.678. The number of hydrogen-bond donors (Lipinski definition) is 0. The SMILES string of the molecule is Cc1ccc(-n2c(C)nnc2SCc2ccc(C#N)cc2)cc1. The Labute approximate surface area is 139 Å². The largest absolute Gasteiger partial charge is 0.274 e. The molecule has 0 fully saturated rings. The zero-order chi connectivity index (χ0) is 16.2. The fourth-order valence-electron chi connectivity index (χ4n) is 2.25. The van der Waals surface area contributed by atoms with E-state index in [2.05, 4.69) is 52.0 Å². The second-order valence-corrected chi connectivity index (χ2v) is 6.24. The van der Waals surface area contributed by atoms with Crippen LogP contribution in [0.25, 0.3) is 5.69 Å². The molecular formula is C18H16N4S. The average Bonchev–Trinajstić information content (AvgIpc) is 2.95. The fraction of sp³-hybridized carbons (Fsp3) is 0.167. The molecule has 0 unspecified atom stereocenters. The Morgan fingerprint density at radius 2 is 1.70 bits per heavy atom. The van der Waals surface area contributed by atoms with Crippen molar-refractivity contribution in [2.75, 3.05) is 0 Å². The van der Waals surface area contributed by atoms with Gasteiger partial charge in [-0.15, -0.1) is 10.2 Å². The molecule has 114 valence electrons. The third kappa shape index (κ3) is 3.43. The van der Waals surface area contributed by atoms with Crippen LogP contribution in [-0.2, 0) is 5.75 Å². The highest BCUT2D eigenvalue weighted by Crippen LogP contribution is 2.25. The molecule has 2 aromatic carbocycles. The Balaban J connectivity index is 1.81. The van der Waals surface area contributed by atoms with Crippen LogP contribution in [0.2, 0.25) is 0 Å². The molecule has 0 aliphatic carbocycles. The average molecular weight is 320 g/mol. The maximum absolute atomic E-state index is 8.84. The Bertz CT molecular complexity index is 842. The number of rotatable bonds is 4. The summed E-state index contributed by atoms with van der Waals surface area (Å²) in [6.07, 6.45) is 0. The van der Waals surface area contributed by atoms with Gasteiger partial charge in [-0.25, -0.2) is 0 Å². The van der Waals surface area contributed by atoms with Crippen LogP contribution in [0.4, 0.5) is 0 Å². The predicted molar refractivity (Wildman–Crippen MR) is 91.6 cm³/mol. The van der Waals surface area contributed by atoms with Gasteiger partial charge in [0.2, 0.25) is 0 Å². The number of benzene rings is 2. The number of thioether (sulfide) groups is 1. The van der Waals surface area contributed by atoms with E-state index in [0.29, 0.717) is 5.56 Å². The highest BCUT2D eigenvalue weighted by Gasteiger charge is 2.11. The first-order valence-corrected chi connectivity index (χ1v) is 8.27. The smallest absolute Gasteiger partial charge is 0.196 e. The number of hydrogen-bond acceptors (Lipinski definition) is 4. The lowest BCUT2D eigenvalue weighted by atomic mass is 10.2. The molecule has 4 nitrogen and oxygen atoms in total. The van der Waals surface area contributed by atoms with Crippen LogP contribution in [-0.4, -0.2) is 14.8 Å². The van der Waals surface area contributed by atoms with Gasteiger partial charge in [-0.2, -0.15) is 5.26 Å². The Hall–Kier alpha value is -2.58. The van der Waals surface area contributed by atoms with Gasteiger partial charge in [-0.1, -0.05) is 41.6 Å². The molecule has 0 spiro atoms. The van der Waals surface area contributed by atoms with Crippen LogP contribution in [0.15, 0.2) is 53.7 Å². The van der Waals surface area contributed by atoms with E-state index in [1.165, 1.54) is 5.56 Å². The molecule has 0 aliphatic rings. The summed E-state index contributed by atoms with van der Waals surface area (Å²) in [6, 6.07) is 18.1. The van der Waals surface area contributed by atoms with Crippen molar-refractivity contribution in [1.29, 1.82) is 5.26 Å². The van der Waals surface area contributed by atoms with Gasteiger partial charge in [0.25, 0.3) is 0 Å². The zero-order valence-corrected chi connectivity index (χ0v) is 13.8. The van der Waals surface area contributed by atoms with E-state index < -0.39 is 0 Å². The molecule has 1 aromatic heterocycles. The monoisotopic (exact) mass is 320 g/mol. The molecule has 0 radical (unpaired) electrons. The van der Waals surface area contributed by atoms with Crippen molar-refractivity contribution in [3.05, 3.63) is 71.0 Å². The summed E-state index contributed by atoms with van der Waals surface area (Å²) in [6.45, 7) is 4.03. The molecular weight excluding hydrogens is 304 g/mol.